The summed E-state index contributed by atoms with van der Waals surface area (Å²) in [5.41, 5.74) is 3.00. The van der Waals surface area contributed by atoms with Crippen molar-refractivity contribution in [3.8, 4) is 17.6 Å². The number of carbonyl (C=O) groups is 1. The first-order chi connectivity index (χ1) is 15.9. The zero-order valence-corrected chi connectivity index (χ0v) is 19.0. The maximum absolute atomic E-state index is 12.9. The predicted octanol–water partition coefficient (Wildman–Crippen LogP) is 5.01. The molecule has 1 aromatic heterocycles. The second kappa shape index (κ2) is 9.96. The Balaban J connectivity index is 1.50. The first-order valence-electron chi connectivity index (χ1n) is 10.5. The van der Waals surface area contributed by atoms with Crippen LogP contribution in [-0.2, 0) is 0 Å². The molecule has 2 heterocycles. The molecule has 1 amide bonds. The lowest BCUT2D eigenvalue weighted by molar-refractivity contribution is 0.102. The van der Waals surface area contributed by atoms with Crippen molar-refractivity contribution in [2.75, 3.05) is 29.0 Å². The summed E-state index contributed by atoms with van der Waals surface area (Å²) < 4.78 is 27.6. The van der Waals surface area contributed by atoms with Crippen LogP contribution in [-0.4, -0.2) is 39.4 Å². The van der Waals surface area contributed by atoms with Gasteiger partial charge >= 0.3 is 0 Å². The number of amides is 1. The van der Waals surface area contributed by atoms with Crippen LogP contribution < -0.4 is 14.4 Å². The molecular formula is C25H25N3O4S. The second-order valence-corrected chi connectivity index (χ2v) is 9.68. The molecule has 1 aliphatic rings. The van der Waals surface area contributed by atoms with Crippen molar-refractivity contribution >= 4 is 28.1 Å². The Kier molecular flexibility index (Phi) is 6.84. The first kappa shape index (κ1) is 22.7. The number of nitrogens with zero attached hydrogens (tertiary/aromatic N) is 2. The normalized spacial score (nSPS) is 15.7. The molecule has 0 aliphatic carbocycles. The van der Waals surface area contributed by atoms with Crippen LogP contribution in [0.3, 0.4) is 0 Å². The number of ether oxygens (including phenoxy) is 1. The van der Waals surface area contributed by atoms with E-state index < -0.39 is 10.8 Å². The summed E-state index contributed by atoms with van der Waals surface area (Å²) >= 11 is 0. The average Bonchev–Trinajstić information content (AvgIpc) is 2.83. The molecule has 3 N–H and O–H groups in total. The van der Waals surface area contributed by atoms with Crippen molar-refractivity contribution in [1.82, 2.24) is 4.98 Å². The van der Waals surface area contributed by atoms with E-state index in [-0.39, 0.29) is 5.91 Å². The molecule has 3 aromatic rings. The summed E-state index contributed by atoms with van der Waals surface area (Å²) in [5.74, 6) is 6.61. The summed E-state index contributed by atoms with van der Waals surface area (Å²) in [7, 11) is -1.24. The van der Waals surface area contributed by atoms with E-state index >= 15 is 0 Å². The largest absolute Gasteiger partial charge is 0.497 e. The lowest BCUT2D eigenvalue weighted by atomic mass is 10.1. The SMILES string of the molecule is COc1cc(C#Cc2ccccn2)cc(C(=O)Nc2ccc(N3CCCCS3(O)O)cc2)c1. The molecule has 7 nitrogen and oxygen atoms in total. The minimum atomic E-state index is -2.78. The van der Waals surface area contributed by atoms with E-state index in [0.717, 1.165) is 18.5 Å². The van der Waals surface area contributed by atoms with Gasteiger partial charge in [0.15, 0.2) is 0 Å². The van der Waals surface area contributed by atoms with E-state index in [1.807, 2.05) is 18.2 Å². The lowest BCUT2D eigenvalue weighted by Gasteiger charge is -2.47. The van der Waals surface area contributed by atoms with Crippen molar-refractivity contribution in [3.05, 3.63) is 83.7 Å². The second-order valence-electron chi connectivity index (χ2n) is 7.56. The third-order valence-electron chi connectivity index (χ3n) is 5.20. The van der Waals surface area contributed by atoms with E-state index in [9.17, 15) is 13.9 Å². The van der Waals surface area contributed by atoms with Crippen molar-refractivity contribution in [2.45, 2.75) is 12.8 Å². The third kappa shape index (κ3) is 5.65. The van der Waals surface area contributed by atoms with Gasteiger partial charge in [-0.2, -0.15) is 0 Å². The van der Waals surface area contributed by atoms with Crippen LogP contribution in [0.15, 0.2) is 66.9 Å². The standard InChI is InChI=1S/C25H25N3O4S/c1-32-24-17-19(7-8-21-6-2-3-13-26-21)16-20(18-24)25(29)27-22-9-11-23(12-10-22)28-14-4-5-15-33(28,30)31/h2-3,6,9-13,16-18,30-31H,4-5,14-15H2,1H3,(H,27,29). The average molecular weight is 464 g/mol. The number of hydrogen-bond donors (Lipinski definition) is 3. The summed E-state index contributed by atoms with van der Waals surface area (Å²) in [5, 5.41) is 2.87. The van der Waals surface area contributed by atoms with Crippen LogP contribution >= 0.6 is 10.8 Å². The molecular weight excluding hydrogens is 438 g/mol. The Hall–Kier alpha value is -3.51. The van der Waals surface area contributed by atoms with Crippen LogP contribution in [0, 0.1) is 11.8 Å². The van der Waals surface area contributed by atoms with Gasteiger partial charge in [0.2, 0.25) is 0 Å². The van der Waals surface area contributed by atoms with Gasteiger partial charge in [-0.1, -0.05) is 12.0 Å². The van der Waals surface area contributed by atoms with Gasteiger partial charge in [-0.3, -0.25) is 18.2 Å². The molecule has 0 unspecified atom stereocenters. The molecule has 0 radical (unpaired) electrons. The molecule has 1 saturated heterocycles. The molecule has 2 aromatic carbocycles. The van der Waals surface area contributed by atoms with Gasteiger partial charge in [-0.05, 0) is 73.4 Å². The van der Waals surface area contributed by atoms with Crippen LogP contribution in [0.5, 0.6) is 5.75 Å². The highest BCUT2D eigenvalue weighted by Crippen LogP contribution is 2.49. The van der Waals surface area contributed by atoms with Gasteiger partial charge < -0.3 is 10.1 Å². The topological polar surface area (TPSA) is 94.9 Å². The van der Waals surface area contributed by atoms with E-state index in [1.54, 1.807) is 53.0 Å². The molecule has 1 aliphatic heterocycles. The number of methoxy groups -OCH3 is 1. The van der Waals surface area contributed by atoms with Crippen molar-refractivity contribution in [2.24, 2.45) is 0 Å². The Morgan fingerprint density at radius 3 is 2.61 bits per heavy atom. The molecule has 1 fully saturated rings. The number of anilines is 2. The Morgan fingerprint density at radius 2 is 1.91 bits per heavy atom. The molecule has 0 spiro atoms. The van der Waals surface area contributed by atoms with Crippen LogP contribution in [0.1, 0.15) is 34.5 Å². The third-order valence-corrected chi connectivity index (χ3v) is 7.14. The number of benzene rings is 2. The first-order valence-corrected chi connectivity index (χ1v) is 12.2. The van der Waals surface area contributed by atoms with Gasteiger partial charge in [-0.25, -0.2) is 4.98 Å². The van der Waals surface area contributed by atoms with Crippen molar-refractivity contribution in [3.63, 3.8) is 0 Å². The molecule has 8 heteroatoms. The monoisotopic (exact) mass is 463 g/mol. The number of carbonyl (C=O) groups excluding carboxylic acids is 1. The quantitative estimate of drug-likeness (QED) is 0.471. The Bertz CT molecular complexity index is 1190. The van der Waals surface area contributed by atoms with E-state index in [1.165, 1.54) is 7.11 Å². The highest BCUT2D eigenvalue weighted by atomic mass is 32.3. The zero-order valence-electron chi connectivity index (χ0n) is 18.2. The van der Waals surface area contributed by atoms with E-state index in [0.29, 0.717) is 40.6 Å². The van der Waals surface area contributed by atoms with Crippen LogP contribution in [0.2, 0.25) is 0 Å². The molecule has 0 saturated carbocycles. The molecule has 0 bridgehead atoms. The van der Waals surface area contributed by atoms with Crippen LogP contribution in [0.25, 0.3) is 0 Å². The minimum Gasteiger partial charge on any atom is -0.497 e. The fourth-order valence-corrected chi connectivity index (χ4v) is 5.21. The van der Waals surface area contributed by atoms with Gasteiger partial charge in [-0.15, -0.1) is 10.8 Å². The lowest BCUT2D eigenvalue weighted by Crippen LogP contribution is -2.34. The number of nitrogens with one attached hydrogen (secondary N) is 1. The summed E-state index contributed by atoms with van der Waals surface area (Å²) in [6.45, 7) is 0.597. The summed E-state index contributed by atoms with van der Waals surface area (Å²) in [6.07, 6.45) is 3.39. The van der Waals surface area contributed by atoms with E-state index in [4.69, 9.17) is 4.74 Å². The Morgan fingerprint density at radius 1 is 1.09 bits per heavy atom. The molecule has 33 heavy (non-hydrogen) atoms. The number of hydrogen-bond acceptors (Lipinski definition) is 6. The minimum absolute atomic E-state index is 0.301. The highest BCUT2D eigenvalue weighted by Gasteiger charge is 2.26. The van der Waals surface area contributed by atoms with Gasteiger partial charge in [0, 0.05) is 29.6 Å². The Labute approximate surface area is 194 Å². The summed E-state index contributed by atoms with van der Waals surface area (Å²) in [4.78, 5) is 17.1. The van der Waals surface area contributed by atoms with Gasteiger partial charge in [0.05, 0.1) is 18.6 Å². The molecule has 0 atom stereocenters. The molecule has 170 valence electrons. The van der Waals surface area contributed by atoms with Crippen LogP contribution in [0.4, 0.5) is 11.4 Å². The zero-order chi connectivity index (χ0) is 23.3. The fourth-order valence-electron chi connectivity index (χ4n) is 3.51. The maximum atomic E-state index is 12.9. The fraction of sp³-hybridized carbons (Fsp3) is 0.200. The van der Waals surface area contributed by atoms with Crippen molar-refractivity contribution < 1.29 is 18.6 Å². The van der Waals surface area contributed by atoms with E-state index in [2.05, 4.69) is 22.1 Å². The number of rotatable bonds is 4. The molecule has 4 rings (SSSR count). The summed E-state index contributed by atoms with van der Waals surface area (Å²) in [6, 6.07) is 17.7. The number of pyridine rings is 1. The van der Waals surface area contributed by atoms with Gasteiger partial charge in [0.1, 0.15) is 11.4 Å². The van der Waals surface area contributed by atoms with Crippen molar-refractivity contribution in [1.29, 1.82) is 0 Å². The highest BCUT2D eigenvalue weighted by molar-refractivity contribution is 8.25. The smallest absolute Gasteiger partial charge is 0.255 e. The predicted molar refractivity (Wildman–Crippen MR) is 132 cm³/mol. The van der Waals surface area contributed by atoms with Gasteiger partial charge in [0.25, 0.3) is 5.91 Å². The number of aromatic nitrogens is 1. The maximum Gasteiger partial charge on any atom is 0.255 e.